The van der Waals surface area contributed by atoms with Crippen LogP contribution < -0.4 is 12.5 Å². The zero-order valence-electron chi connectivity index (χ0n) is 14.5. The highest BCUT2D eigenvalue weighted by atomic mass is 32.2. The maximum absolute atomic E-state index is 11.8. The lowest BCUT2D eigenvalue weighted by Gasteiger charge is -2.16. The number of aromatic carboxylic acids is 1. The summed E-state index contributed by atoms with van der Waals surface area (Å²) in [5, 5.41) is 9.15. The first kappa shape index (κ1) is 23.0. The van der Waals surface area contributed by atoms with Crippen LogP contribution in [0, 0.1) is 0 Å². The molecule has 0 aromatic heterocycles. The molecule has 0 fully saturated rings. The van der Waals surface area contributed by atoms with E-state index < -0.39 is 76.4 Å². The zero-order chi connectivity index (χ0) is 21.0. The third-order valence-electron chi connectivity index (χ3n) is 2.97. The van der Waals surface area contributed by atoms with Crippen molar-refractivity contribution in [3.8, 4) is 17.2 Å². The van der Waals surface area contributed by atoms with Gasteiger partial charge in [-0.25, -0.2) is 4.79 Å². The Morgan fingerprint density at radius 3 is 1.41 bits per heavy atom. The molecule has 154 valence electrons. The first-order valence-corrected chi connectivity index (χ1v) is 12.2. The van der Waals surface area contributed by atoms with Crippen molar-refractivity contribution in [3.63, 3.8) is 0 Å². The van der Waals surface area contributed by atoms with Crippen molar-refractivity contribution < 1.29 is 47.7 Å². The Labute approximate surface area is 157 Å². The van der Waals surface area contributed by atoms with Crippen LogP contribution in [-0.4, -0.2) is 53.6 Å². The van der Waals surface area contributed by atoms with Crippen molar-refractivity contribution in [2.75, 3.05) is 17.3 Å². The van der Waals surface area contributed by atoms with Gasteiger partial charge in [0.1, 0.15) is 0 Å². The summed E-state index contributed by atoms with van der Waals surface area (Å²) in [6, 6.07) is 1.36. The van der Waals surface area contributed by atoms with Gasteiger partial charge in [-0.15, -0.1) is 0 Å². The molecule has 0 saturated carbocycles. The quantitative estimate of drug-likeness (QED) is 0.499. The fraction of sp³-hybridized carbons (Fsp3) is 0.462. The van der Waals surface area contributed by atoms with Gasteiger partial charge in [-0.1, -0.05) is 0 Å². The third kappa shape index (κ3) is 6.55. The topological polar surface area (TPSA) is 167 Å². The Balaban J connectivity index is 3.79. The first-order valence-electron chi connectivity index (χ1n) is 7.43. The number of rotatable bonds is 10. The number of carbonyl (C=O) groups is 1. The molecule has 0 unspecified atom stereocenters. The van der Waals surface area contributed by atoms with Crippen molar-refractivity contribution in [3.05, 3.63) is 17.7 Å². The Bertz CT molecular complexity index is 964. The monoisotopic (exact) mass is 446 g/mol. The van der Waals surface area contributed by atoms with Gasteiger partial charge in [0.25, 0.3) is 0 Å². The first-order chi connectivity index (χ1) is 12.3. The lowest BCUT2D eigenvalue weighted by atomic mass is 10.2. The van der Waals surface area contributed by atoms with Crippen molar-refractivity contribution in [1.29, 1.82) is 0 Å². The summed E-state index contributed by atoms with van der Waals surface area (Å²) >= 11 is 0. The molecule has 0 bridgehead atoms. The Morgan fingerprint density at radius 1 is 0.778 bits per heavy atom. The number of carboxylic acids is 1. The van der Waals surface area contributed by atoms with Crippen LogP contribution in [0.3, 0.4) is 0 Å². The van der Waals surface area contributed by atoms with E-state index >= 15 is 0 Å². The predicted octanol–water partition coefficient (Wildman–Crippen LogP) is 0.570. The molecule has 0 amide bonds. The molecule has 0 aliphatic heterocycles. The van der Waals surface area contributed by atoms with Gasteiger partial charge in [-0.3, -0.25) is 0 Å². The Morgan fingerprint density at radius 2 is 1.11 bits per heavy atom. The number of hydrogen-bond donors (Lipinski definition) is 1. The lowest BCUT2D eigenvalue weighted by molar-refractivity contribution is 0.0696. The van der Waals surface area contributed by atoms with Crippen LogP contribution in [0.5, 0.6) is 17.2 Å². The summed E-state index contributed by atoms with van der Waals surface area (Å²) in [7, 11) is -12.7. The highest BCUT2D eigenvalue weighted by Gasteiger charge is 2.28. The smallest absolute Gasteiger partial charge is 0.335 e. The van der Waals surface area contributed by atoms with Crippen molar-refractivity contribution in [1.82, 2.24) is 0 Å². The molecule has 0 spiro atoms. The van der Waals surface area contributed by atoms with Crippen LogP contribution in [0.15, 0.2) is 12.1 Å². The van der Waals surface area contributed by atoms with Crippen molar-refractivity contribution >= 4 is 36.3 Å². The molecule has 1 aromatic carbocycles. The van der Waals surface area contributed by atoms with Crippen LogP contribution in [0.4, 0.5) is 0 Å². The third-order valence-corrected chi connectivity index (χ3v) is 6.38. The van der Waals surface area contributed by atoms with Gasteiger partial charge in [0, 0.05) is 12.1 Å². The predicted molar refractivity (Wildman–Crippen MR) is 93.7 cm³/mol. The second kappa shape index (κ2) is 8.31. The summed E-state index contributed by atoms with van der Waals surface area (Å²) in [6.45, 7) is 3.66. The lowest BCUT2D eigenvalue weighted by Crippen LogP contribution is -2.18. The maximum atomic E-state index is 11.8. The molecule has 14 heteroatoms. The summed E-state index contributed by atoms with van der Waals surface area (Å²) in [5.74, 6) is -5.76. The van der Waals surface area contributed by atoms with Gasteiger partial charge < -0.3 is 17.7 Å². The summed E-state index contributed by atoms with van der Waals surface area (Å²) in [5.41, 5.74) is -0.612. The van der Waals surface area contributed by atoms with Gasteiger partial charge in [0.15, 0.2) is 11.5 Å². The van der Waals surface area contributed by atoms with Gasteiger partial charge >= 0.3 is 36.3 Å². The Hall–Kier alpha value is -2.06. The largest absolute Gasteiger partial charge is 0.478 e. The zero-order valence-corrected chi connectivity index (χ0v) is 17.0. The minimum atomic E-state index is -4.27. The van der Waals surface area contributed by atoms with E-state index in [9.17, 15) is 30.0 Å². The van der Waals surface area contributed by atoms with Crippen LogP contribution in [-0.2, 0) is 30.4 Å². The molecule has 11 nitrogen and oxygen atoms in total. The minimum absolute atomic E-state index is 0.534. The molecule has 27 heavy (non-hydrogen) atoms. The van der Waals surface area contributed by atoms with E-state index in [0.29, 0.717) is 12.1 Å². The minimum Gasteiger partial charge on any atom is -0.478 e. The molecule has 1 rings (SSSR count). The molecule has 0 aliphatic rings. The molecular weight excluding hydrogens is 428 g/mol. The van der Waals surface area contributed by atoms with Crippen LogP contribution in [0.2, 0.25) is 0 Å². The number of hydrogen-bond acceptors (Lipinski definition) is 10. The molecule has 0 heterocycles. The highest BCUT2D eigenvalue weighted by Crippen LogP contribution is 2.41. The summed E-state index contributed by atoms with van der Waals surface area (Å²) in [6.07, 6.45) is 0. The van der Waals surface area contributed by atoms with Gasteiger partial charge in [0.2, 0.25) is 5.75 Å². The van der Waals surface area contributed by atoms with Crippen LogP contribution in [0.25, 0.3) is 0 Å². The van der Waals surface area contributed by atoms with Crippen molar-refractivity contribution in [2.45, 2.75) is 20.8 Å². The fourth-order valence-corrected chi connectivity index (χ4v) is 3.05. The number of carboxylic acid groups (broad SMARTS) is 1. The van der Waals surface area contributed by atoms with E-state index in [-0.39, 0.29) is 0 Å². The van der Waals surface area contributed by atoms with Gasteiger partial charge in [-0.2, -0.15) is 25.3 Å². The Kier molecular flexibility index (Phi) is 7.07. The van der Waals surface area contributed by atoms with Crippen molar-refractivity contribution in [2.24, 2.45) is 0 Å². The van der Waals surface area contributed by atoms with E-state index in [1.54, 1.807) is 0 Å². The van der Waals surface area contributed by atoms with Crippen LogP contribution >= 0.6 is 0 Å². The molecule has 0 aliphatic carbocycles. The standard InChI is InChI=1S/C13H18O11S3/c1-4-25(16,17)22-10-7-9(13(14)15)8-11(23-26(18,19)5-2)12(10)24-27(20,21)6-3/h7-8H,4-6H2,1-3H3,(H,14,15). The summed E-state index contributed by atoms with van der Waals surface area (Å²) in [4.78, 5) is 11.3. The fourth-order valence-electron chi connectivity index (χ4n) is 1.48. The average molecular weight is 446 g/mol. The maximum Gasteiger partial charge on any atom is 0.335 e. The molecule has 0 atom stereocenters. The second-order valence-corrected chi connectivity index (χ2v) is 10.5. The van der Waals surface area contributed by atoms with Gasteiger partial charge in [-0.05, 0) is 20.8 Å². The number of benzene rings is 1. The van der Waals surface area contributed by atoms with Crippen LogP contribution in [0.1, 0.15) is 31.1 Å². The van der Waals surface area contributed by atoms with E-state index in [1.165, 1.54) is 20.8 Å². The average Bonchev–Trinajstić information content (AvgIpc) is 2.56. The molecular formula is C13H18O11S3. The molecule has 0 saturated heterocycles. The molecule has 1 aromatic rings. The normalized spacial score (nSPS) is 12.4. The molecule has 0 radical (unpaired) electrons. The van der Waals surface area contributed by atoms with Gasteiger partial charge in [0.05, 0.1) is 22.8 Å². The highest BCUT2D eigenvalue weighted by molar-refractivity contribution is 7.87. The SMILES string of the molecule is CCS(=O)(=O)Oc1cc(C(=O)O)cc(OS(=O)(=O)CC)c1OS(=O)(=O)CC. The van der Waals surface area contributed by atoms with E-state index in [4.69, 9.17) is 17.7 Å². The summed E-state index contributed by atoms with van der Waals surface area (Å²) < 4.78 is 84.8. The molecule has 1 N–H and O–H groups in total. The van der Waals surface area contributed by atoms with E-state index in [2.05, 4.69) is 0 Å². The van der Waals surface area contributed by atoms with E-state index in [0.717, 1.165) is 0 Å². The second-order valence-electron chi connectivity index (χ2n) is 4.90. The van der Waals surface area contributed by atoms with E-state index in [1.807, 2.05) is 0 Å².